The molecule has 0 bridgehead atoms. The molecule has 0 saturated heterocycles. The Kier molecular flexibility index (Phi) is 4.72. The van der Waals surface area contributed by atoms with Gasteiger partial charge in [-0.25, -0.2) is 0 Å². The van der Waals surface area contributed by atoms with Crippen LogP contribution in [-0.4, -0.2) is 16.9 Å². The molecular weight excluding hydrogens is 361 g/mol. The van der Waals surface area contributed by atoms with Gasteiger partial charge in [-0.2, -0.15) is 13.2 Å². The van der Waals surface area contributed by atoms with Crippen LogP contribution in [0.2, 0.25) is 0 Å². The summed E-state index contributed by atoms with van der Waals surface area (Å²) < 4.78 is 39.0. The molecule has 3 aromatic carbocycles. The Bertz CT molecular complexity index is 1030. The second-order valence-electron chi connectivity index (χ2n) is 5.63. The van der Waals surface area contributed by atoms with Crippen molar-refractivity contribution in [3.63, 3.8) is 0 Å². The number of hydrogen-bond donors (Lipinski definition) is 3. The van der Waals surface area contributed by atoms with E-state index in [2.05, 4.69) is 5.32 Å². The van der Waals surface area contributed by atoms with Crippen molar-refractivity contribution in [3.05, 3.63) is 66.2 Å². The third kappa shape index (κ3) is 3.84. The molecule has 0 aliphatic heterocycles. The number of nitrogens with one attached hydrogen (secondary N) is 2. The Balaban J connectivity index is 1.83. The minimum atomic E-state index is -4.67. The van der Waals surface area contributed by atoms with E-state index >= 15 is 0 Å². The van der Waals surface area contributed by atoms with E-state index in [0.29, 0.717) is 10.8 Å². The number of phenols is 1. The van der Waals surface area contributed by atoms with Gasteiger partial charge < -0.3 is 15.7 Å². The molecule has 27 heavy (non-hydrogen) atoms. The zero-order chi connectivity index (χ0) is 19.6. The van der Waals surface area contributed by atoms with Crippen LogP contribution in [0.4, 0.5) is 24.5 Å². The van der Waals surface area contributed by atoms with Crippen LogP contribution < -0.4 is 10.6 Å². The van der Waals surface area contributed by atoms with Crippen LogP contribution in [0.1, 0.15) is 5.56 Å². The number of amides is 2. The number of fused-ring (bicyclic) bond motifs is 1. The van der Waals surface area contributed by atoms with E-state index in [1.165, 1.54) is 24.3 Å². The summed E-state index contributed by atoms with van der Waals surface area (Å²) in [6.07, 6.45) is -4.67. The molecule has 0 fully saturated rings. The number of alkyl halides is 3. The highest BCUT2D eigenvalue weighted by atomic mass is 19.4. The monoisotopic (exact) mass is 374 g/mol. The molecule has 0 heterocycles. The zero-order valence-corrected chi connectivity index (χ0v) is 13.7. The van der Waals surface area contributed by atoms with Crippen molar-refractivity contribution in [2.45, 2.75) is 6.18 Å². The van der Waals surface area contributed by atoms with Gasteiger partial charge in [-0.05, 0) is 24.3 Å². The van der Waals surface area contributed by atoms with Gasteiger partial charge in [-0.1, -0.05) is 36.4 Å². The number of benzene rings is 3. The fourth-order valence-electron chi connectivity index (χ4n) is 2.60. The van der Waals surface area contributed by atoms with E-state index in [-0.39, 0.29) is 11.4 Å². The fourth-order valence-corrected chi connectivity index (χ4v) is 2.60. The molecule has 138 valence electrons. The maximum absolute atomic E-state index is 13.0. The summed E-state index contributed by atoms with van der Waals surface area (Å²) in [4.78, 5) is 24.2. The quantitative estimate of drug-likeness (QED) is 0.590. The summed E-state index contributed by atoms with van der Waals surface area (Å²) in [5.41, 5.74) is -1.32. The van der Waals surface area contributed by atoms with Crippen molar-refractivity contribution in [2.75, 3.05) is 10.6 Å². The molecule has 3 rings (SSSR count). The first-order valence-corrected chi connectivity index (χ1v) is 7.76. The van der Waals surface area contributed by atoms with E-state index in [0.717, 1.165) is 12.1 Å². The van der Waals surface area contributed by atoms with Crippen LogP contribution in [0.25, 0.3) is 10.8 Å². The van der Waals surface area contributed by atoms with E-state index in [1.54, 1.807) is 24.3 Å². The van der Waals surface area contributed by atoms with Gasteiger partial charge in [0.1, 0.15) is 5.75 Å². The topological polar surface area (TPSA) is 78.4 Å². The number of carbonyl (C=O) groups excluding carboxylic acids is 2. The van der Waals surface area contributed by atoms with Crippen molar-refractivity contribution in [2.24, 2.45) is 0 Å². The average molecular weight is 374 g/mol. The Morgan fingerprint density at radius 3 is 2.00 bits per heavy atom. The third-order valence-electron chi connectivity index (χ3n) is 3.83. The molecule has 0 spiro atoms. The summed E-state index contributed by atoms with van der Waals surface area (Å²) in [6, 6.07) is 13.7. The summed E-state index contributed by atoms with van der Waals surface area (Å²) in [7, 11) is 0. The lowest BCUT2D eigenvalue weighted by Gasteiger charge is -2.14. The predicted octanol–water partition coefficient (Wildman–Crippen LogP) is 4.14. The van der Waals surface area contributed by atoms with Crippen LogP contribution in [-0.2, 0) is 15.8 Å². The van der Waals surface area contributed by atoms with E-state index < -0.39 is 29.2 Å². The van der Waals surface area contributed by atoms with Gasteiger partial charge in [0.2, 0.25) is 0 Å². The molecule has 0 aliphatic rings. The molecule has 0 atom stereocenters. The summed E-state index contributed by atoms with van der Waals surface area (Å²) in [5, 5.41) is 15.1. The van der Waals surface area contributed by atoms with Gasteiger partial charge in [0.15, 0.2) is 0 Å². The Labute approximate surface area is 151 Å². The number of para-hydroxylation sites is 1. The van der Waals surface area contributed by atoms with Gasteiger partial charge in [0.25, 0.3) is 0 Å². The summed E-state index contributed by atoms with van der Waals surface area (Å²) >= 11 is 0. The normalized spacial score (nSPS) is 11.2. The molecule has 0 radical (unpaired) electrons. The van der Waals surface area contributed by atoms with Crippen molar-refractivity contribution in [1.29, 1.82) is 0 Å². The maximum atomic E-state index is 13.0. The second kappa shape index (κ2) is 6.99. The summed E-state index contributed by atoms with van der Waals surface area (Å²) in [5.74, 6) is -2.39. The number of phenolic OH excluding ortho intramolecular Hbond substituents is 1. The van der Waals surface area contributed by atoms with Crippen LogP contribution in [0.15, 0.2) is 60.7 Å². The molecule has 0 unspecified atom stereocenters. The van der Waals surface area contributed by atoms with Crippen molar-refractivity contribution < 1.29 is 27.9 Å². The van der Waals surface area contributed by atoms with Gasteiger partial charge in [-0.15, -0.1) is 0 Å². The highest BCUT2D eigenvalue weighted by Gasteiger charge is 2.34. The Hall–Kier alpha value is -3.55. The zero-order valence-electron chi connectivity index (χ0n) is 13.7. The lowest BCUT2D eigenvalue weighted by Crippen LogP contribution is -2.30. The highest BCUT2D eigenvalue weighted by molar-refractivity contribution is 6.44. The molecule has 0 aromatic heterocycles. The smallest absolute Gasteiger partial charge is 0.418 e. The Morgan fingerprint density at radius 2 is 1.30 bits per heavy atom. The Morgan fingerprint density at radius 1 is 0.741 bits per heavy atom. The maximum Gasteiger partial charge on any atom is 0.418 e. The first-order chi connectivity index (χ1) is 12.8. The molecule has 3 N–H and O–H groups in total. The van der Waals surface area contributed by atoms with Crippen molar-refractivity contribution in [3.8, 4) is 5.75 Å². The minimum absolute atomic E-state index is 0.00726. The van der Waals surface area contributed by atoms with E-state index in [9.17, 15) is 27.9 Å². The molecule has 3 aromatic rings. The van der Waals surface area contributed by atoms with E-state index in [4.69, 9.17) is 0 Å². The van der Waals surface area contributed by atoms with Gasteiger partial charge in [0, 0.05) is 16.5 Å². The molecule has 0 aliphatic carbocycles. The molecule has 0 saturated carbocycles. The largest absolute Gasteiger partial charge is 0.507 e. The lowest BCUT2D eigenvalue weighted by molar-refractivity contribution is -0.137. The fraction of sp³-hybridized carbons (Fsp3) is 0.0526. The minimum Gasteiger partial charge on any atom is -0.507 e. The molecule has 8 heteroatoms. The predicted molar refractivity (Wildman–Crippen MR) is 94.3 cm³/mol. The molecule has 2 amide bonds. The van der Waals surface area contributed by atoms with Crippen LogP contribution >= 0.6 is 0 Å². The number of rotatable bonds is 2. The molecule has 5 nitrogen and oxygen atoms in total. The number of anilines is 2. The van der Waals surface area contributed by atoms with Gasteiger partial charge in [-0.3, -0.25) is 9.59 Å². The van der Waals surface area contributed by atoms with E-state index in [1.807, 2.05) is 5.32 Å². The molecular formula is C19H13F3N2O3. The number of halogens is 3. The average Bonchev–Trinajstić information content (AvgIpc) is 2.62. The number of carbonyl (C=O) groups is 2. The third-order valence-corrected chi connectivity index (χ3v) is 3.83. The van der Waals surface area contributed by atoms with Gasteiger partial charge >= 0.3 is 18.0 Å². The van der Waals surface area contributed by atoms with Crippen molar-refractivity contribution >= 4 is 34.0 Å². The highest BCUT2D eigenvalue weighted by Crippen LogP contribution is 2.34. The lowest BCUT2D eigenvalue weighted by atomic mass is 10.1. The standard InChI is InChI=1S/C19H13F3N2O3/c20-19(21,22)13-7-1-2-8-15(13)24-18(27)17(26)23-14-9-3-6-12-11(14)5-4-10-16(12)25/h1-10,25H,(H,23,26)(H,24,27). The van der Waals surface area contributed by atoms with Crippen LogP contribution in [0.3, 0.4) is 0 Å². The van der Waals surface area contributed by atoms with Gasteiger partial charge in [0.05, 0.1) is 11.3 Å². The van der Waals surface area contributed by atoms with Crippen LogP contribution in [0.5, 0.6) is 5.75 Å². The SMILES string of the molecule is O=C(Nc1ccccc1C(F)(F)F)C(=O)Nc1cccc2c(O)cccc12. The first-order valence-electron chi connectivity index (χ1n) is 7.76. The van der Waals surface area contributed by atoms with Crippen molar-refractivity contribution in [1.82, 2.24) is 0 Å². The number of aromatic hydroxyl groups is 1. The van der Waals surface area contributed by atoms with Crippen LogP contribution in [0, 0.1) is 0 Å². The number of hydrogen-bond acceptors (Lipinski definition) is 3. The first kappa shape index (κ1) is 18.2. The summed E-state index contributed by atoms with van der Waals surface area (Å²) in [6.45, 7) is 0. The second-order valence-corrected chi connectivity index (χ2v) is 5.63.